The highest BCUT2D eigenvalue weighted by molar-refractivity contribution is 7.46. The molecule has 10 nitrogen and oxygen atoms in total. The highest BCUT2D eigenvalue weighted by Crippen LogP contribution is 2.37. The fourth-order valence-electron chi connectivity index (χ4n) is 2.73. The largest absolute Gasteiger partial charge is 0.471 e. The molecule has 3 aromatic heterocycles. The lowest BCUT2D eigenvalue weighted by Crippen LogP contribution is -2.02. The number of hydrogen-bond acceptors (Lipinski definition) is 8. The van der Waals surface area contributed by atoms with E-state index in [9.17, 15) is 13.8 Å². The molecule has 0 radical (unpaired) electrons. The molecular formula is C16H12FN4O6PS. The zero-order chi connectivity index (χ0) is 20.8. The van der Waals surface area contributed by atoms with Crippen LogP contribution in [0.25, 0.3) is 22.5 Å². The van der Waals surface area contributed by atoms with Gasteiger partial charge in [0.2, 0.25) is 5.78 Å². The number of rotatable bonds is 6. The number of ketones is 1. The number of carbonyl (C=O) groups is 1. The van der Waals surface area contributed by atoms with E-state index in [0.717, 1.165) is 15.9 Å². The first-order valence-corrected chi connectivity index (χ1v) is 10.4. The Kier molecular flexibility index (Phi) is 4.89. The Balaban J connectivity index is 1.74. The fraction of sp³-hybridized carbons (Fsp3) is 0.125. The van der Waals surface area contributed by atoms with Crippen molar-refractivity contribution in [1.82, 2.24) is 19.7 Å². The van der Waals surface area contributed by atoms with Crippen LogP contribution in [0.1, 0.15) is 21.2 Å². The Morgan fingerprint density at radius 1 is 1.38 bits per heavy atom. The number of phosphoric ester groups is 1. The summed E-state index contributed by atoms with van der Waals surface area (Å²) in [5, 5.41) is 5.62. The van der Waals surface area contributed by atoms with Gasteiger partial charge in [-0.2, -0.15) is 4.98 Å². The van der Waals surface area contributed by atoms with Crippen LogP contribution >= 0.6 is 19.2 Å². The van der Waals surface area contributed by atoms with Gasteiger partial charge < -0.3 is 18.9 Å². The molecule has 3 heterocycles. The van der Waals surface area contributed by atoms with Gasteiger partial charge in [0.1, 0.15) is 18.2 Å². The molecule has 0 saturated heterocycles. The maximum absolute atomic E-state index is 14.4. The minimum Gasteiger partial charge on any atom is -0.332 e. The van der Waals surface area contributed by atoms with Crippen LogP contribution in [0.2, 0.25) is 0 Å². The van der Waals surface area contributed by atoms with Crippen molar-refractivity contribution < 1.29 is 32.6 Å². The summed E-state index contributed by atoms with van der Waals surface area (Å²) in [6, 6.07) is 4.12. The third-order valence-corrected chi connectivity index (χ3v) is 5.20. The number of benzene rings is 1. The molecular weight excluding hydrogens is 426 g/mol. The second-order valence-corrected chi connectivity index (χ2v) is 8.01. The van der Waals surface area contributed by atoms with Crippen molar-refractivity contribution in [3.8, 4) is 11.6 Å². The second kappa shape index (κ2) is 7.25. The van der Waals surface area contributed by atoms with E-state index < -0.39 is 26.2 Å². The van der Waals surface area contributed by atoms with Gasteiger partial charge >= 0.3 is 7.82 Å². The lowest BCUT2D eigenvalue weighted by molar-refractivity contribution is 0.103. The molecule has 150 valence electrons. The van der Waals surface area contributed by atoms with Crippen LogP contribution in [0, 0.1) is 12.7 Å². The molecule has 4 aromatic rings. The summed E-state index contributed by atoms with van der Waals surface area (Å²) in [5.41, 5.74) is 0.420. The molecule has 0 aliphatic rings. The highest BCUT2D eigenvalue weighted by atomic mass is 32.1. The van der Waals surface area contributed by atoms with Crippen molar-refractivity contribution >= 4 is 35.8 Å². The fourth-order valence-corrected chi connectivity index (χ4v) is 3.75. The van der Waals surface area contributed by atoms with E-state index in [2.05, 4.69) is 19.6 Å². The highest BCUT2D eigenvalue weighted by Gasteiger charge is 2.24. The van der Waals surface area contributed by atoms with Crippen LogP contribution in [0.3, 0.4) is 0 Å². The second-order valence-electron chi connectivity index (χ2n) is 5.91. The van der Waals surface area contributed by atoms with E-state index in [1.54, 1.807) is 12.3 Å². The summed E-state index contributed by atoms with van der Waals surface area (Å²) in [5.74, 6) is -0.578. The SMILES string of the molecule is Cc1noc(-c2csc(C(=O)c3cn(COP(=O)(O)O)c4c(F)cccc34)n2)n1. The van der Waals surface area contributed by atoms with E-state index >= 15 is 0 Å². The van der Waals surface area contributed by atoms with Gasteiger partial charge in [-0.3, -0.25) is 9.32 Å². The van der Waals surface area contributed by atoms with E-state index in [-0.39, 0.29) is 27.4 Å². The molecule has 4 rings (SSSR count). The number of nitrogens with zero attached hydrogens (tertiary/aromatic N) is 4. The number of halogens is 1. The van der Waals surface area contributed by atoms with Crippen LogP contribution in [0.4, 0.5) is 4.39 Å². The third kappa shape index (κ3) is 3.88. The number of aromatic nitrogens is 4. The lowest BCUT2D eigenvalue weighted by atomic mass is 10.1. The summed E-state index contributed by atoms with van der Waals surface area (Å²) in [7, 11) is -4.79. The van der Waals surface area contributed by atoms with Crippen LogP contribution < -0.4 is 0 Å². The Morgan fingerprint density at radius 3 is 2.86 bits per heavy atom. The zero-order valence-electron chi connectivity index (χ0n) is 14.6. The molecule has 0 spiro atoms. The van der Waals surface area contributed by atoms with E-state index in [1.165, 1.54) is 24.4 Å². The van der Waals surface area contributed by atoms with Gasteiger partial charge in [0, 0.05) is 17.0 Å². The van der Waals surface area contributed by atoms with Crippen molar-refractivity contribution in [2.75, 3.05) is 0 Å². The number of thiazole rings is 1. The van der Waals surface area contributed by atoms with Crippen LogP contribution in [-0.4, -0.2) is 35.3 Å². The number of hydrogen-bond donors (Lipinski definition) is 2. The number of fused-ring (bicyclic) bond motifs is 1. The molecule has 0 saturated carbocycles. The van der Waals surface area contributed by atoms with Crippen molar-refractivity contribution in [2.45, 2.75) is 13.7 Å². The molecule has 29 heavy (non-hydrogen) atoms. The standard InChI is InChI=1S/C16H12FN4O6PS/c1-8-18-15(27-20-8)12-6-29-16(19-12)14(22)10-5-21(7-26-28(23,24)25)13-9(10)3-2-4-11(13)17/h2-6H,7H2,1H3,(H2,23,24,25). The number of aryl methyl sites for hydroxylation is 1. The van der Waals surface area contributed by atoms with Crippen molar-refractivity contribution in [3.63, 3.8) is 0 Å². The summed E-state index contributed by atoms with van der Waals surface area (Å²) < 4.78 is 35.9. The lowest BCUT2D eigenvalue weighted by Gasteiger charge is -2.07. The van der Waals surface area contributed by atoms with Gasteiger partial charge in [-0.05, 0) is 13.0 Å². The van der Waals surface area contributed by atoms with Crippen LogP contribution in [0.5, 0.6) is 0 Å². The van der Waals surface area contributed by atoms with Crippen LogP contribution in [-0.2, 0) is 15.8 Å². The van der Waals surface area contributed by atoms with Crippen molar-refractivity contribution in [3.05, 3.63) is 52.0 Å². The van der Waals surface area contributed by atoms with Gasteiger partial charge in [0.25, 0.3) is 5.89 Å². The van der Waals surface area contributed by atoms with Gasteiger partial charge in [-0.25, -0.2) is 13.9 Å². The molecule has 2 N–H and O–H groups in total. The van der Waals surface area contributed by atoms with E-state index in [1.807, 2.05) is 0 Å². The van der Waals surface area contributed by atoms with E-state index in [4.69, 9.17) is 14.3 Å². The monoisotopic (exact) mass is 438 g/mol. The average molecular weight is 438 g/mol. The molecule has 0 aliphatic heterocycles. The molecule has 0 aliphatic carbocycles. The zero-order valence-corrected chi connectivity index (χ0v) is 16.4. The Morgan fingerprint density at radius 2 is 2.17 bits per heavy atom. The molecule has 0 atom stereocenters. The molecule has 0 bridgehead atoms. The Labute approximate surface area is 165 Å². The first kappa shape index (κ1) is 19.6. The first-order chi connectivity index (χ1) is 13.7. The van der Waals surface area contributed by atoms with Crippen molar-refractivity contribution in [1.29, 1.82) is 0 Å². The topological polar surface area (TPSA) is 141 Å². The first-order valence-electron chi connectivity index (χ1n) is 8.01. The smallest absolute Gasteiger partial charge is 0.332 e. The normalized spacial score (nSPS) is 12.0. The van der Waals surface area contributed by atoms with Gasteiger partial charge in [0.05, 0.1) is 11.1 Å². The number of phosphoric acid groups is 1. The van der Waals surface area contributed by atoms with Gasteiger partial charge in [-0.1, -0.05) is 17.3 Å². The Bertz CT molecular complexity index is 1280. The third-order valence-electron chi connectivity index (χ3n) is 3.90. The minimum absolute atomic E-state index is 0.0198. The molecule has 0 amide bonds. The number of para-hydroxylation sites is 1. The summed E-state index contributed by atoms with van der Waals surface area (Å²) in [4.78, 5) is 39.1. The minimum atomic E-state index is -4.79. The maximum atomic E-state index is 14.4. The molecule has 0 unspecified atom stereocenters. The summed E-state index contributed by atoms with van der Waals surface area (Å²) in [6.07, 6.45) is 1.27. The number of carbonyl (C=O) groups excluding carboxylic acids is 1. The predicted octanol–water partition coefficient (Wildman–Crippen LogP) is 2.89. The van der Waals surface area contributed by atoms with Crippen molar-refractivity contribution in [2.24, 2.45) is 0 Å². The van der Waals surface area contributed by atoms with E-state index in [0.29, 0.717) is 11.5 Å². The summed E-state index contributed by atoms with van der Waals surface area (Å²) in [6.45, 7) is 1.01. The van der Waals surface area contributed by atoms with Gasteiger partial charge in [-0.15, -0.1) is 11.3 Å². The Hall–Kier alpha value is -2.76. The molecule has 0 fully saturated rings. The van der Waals surface area contributed by atoms with Gasteiger partial charge in [0.15, 0.2) is 10.8 Å². The summed E-state index contributed by atoms with van der Waals surface area (Å²) >= 11 is 1.05. The maximum Gasteiger partial charge on any atom is 0.471 e. The average Bonchev–Trinajstić information content (AvgIpc) is 3.37. The molecule has 13 heteroatoms. The molecule has 1 aromatic carbocycles. The quantitative estimate of drug-likeness (QED) is 0.343. The predicted molar refractivity (Wildman–Crippen MR) is 98.6 cm³/mol. The van der Waals surface area contributed by atoms with Crippen LogP contribution in [0.15, 0.2) is 34.3 Å².